The van der Waals surface area contributed by atoms with Gasteiger partial charge in [-0.15, -0.1) is 0 Å². The van der Waals surface area contributed by atoms with Crippen LogP contribution in [0.2, 0.25) is 0 Å². The van der Waals surface area contributed by atoms with Crippen LogP contribution < -0.4 is 0 Å². The van der Waals surface area contributed by atoms with Crippen LogP contribution >= 0.6 is 27.7 Å². The summed E-state index contributed by atoms with van der Waals surface area (Å²) in [5.74, 6) is 0.372. The second-order valence-electron chi connectivity index (χ2n) is 3.89. The van der Waals surface area contributed by atoms with Gasteiger partial charge in [0.25, 0.3) is 0 Å². The van der Waals surface area contributed by atoms with Crippen molar-refractivity contribution >= 4 is 27.7 Å². The van der Waals surface area contributed by atoms with Crippen molar-refractivity contribution in [1.82, 2.24) is 20.2 Å². The van der Waals surface area contributed by atoms with Crippen molar-refractivity contribution in [1.29, 1.82) is 0 Å². The molecule has 0 fully saturated rings. The maximum absolute atomic E-state index is 4.50. The minimum atomic E-state index is 0.372. The molecule has 0 saturated heterocycles. The smallest absolute Gasteiger partial charge is 0.187 e. The predicted molar refractivity (Wildman–Crippen MR) is 73.2 cm³/mol. The second-order valence-corrected chi connectivity index (χ2v) is 5.41. The zero-order chi connectivity index (χ0) is 12.4. The molecule has 0 atom stereocenters. The van der Waals surface area contributed by atoms with Crippen LogP contribution in [0.1, 0.15) is 25.5 Å². The monoisotopic (exact) mass is 312 g/mol. The number of aromatic amines is 1. The lowest BCUT2D eigenvalue weighted by Gasteiger charge is -2.06. The number of rotatable bonds is 3. The highest BCUT2D eigenvalue weighted by atomic mass is 79.9. The van der Waals surface area contributed by atoms with Gasteiger partial charge >= 0.3 is 0 Å². The van der Waals surface area contributed by atoms with E-state index in [-0.39, 0.29) is 0 Å². The normalized spacial score (nSPS) is 11.1. The number of H-pyrrole nitrogens is 1. The first-order chi connectivity index (χ1) is 8.13. The van der Waals surface area contributed by atoms with Crippen LogP contribution in [0.5, 0.6) is 0 Å². The third-order valence-electron chi connectivity index (χ3n) is 2.40. The van der Waals surface area contributed by atoms with Crippen LogP contribution in [-0.4, -0.2) is 26.4 Å². The van der Waals surface area contributed by atoms with Gasteiger partial charge < -0.3 is 0 Å². The molecule has 0 spiro atoms. The summed E-state index contributed by atoms with van der Waals surface area (Å²) in [4.78, 5) is 8.68. The number of thioether (sulfide) groups is 1. The summed E-state index contributed by atoms with van der Waals surface area (Å²) < 4.78 is 0.798. The van der Waals surface area contributed by atoms with Gasteiger partial charge in [-0.3, -0.25) is 5.10 Å². The minimum absolute atomic E-state index is 0.372. The third-order valence-corrected chi connectivity index (χ3v) is 3.54. The summed E-state index contributed by atoms with van der Waals surface area (Å²) in [6, 6.07) is 1.90. The largest absolute Gasteiger partial charge is 0.280 e. The van der Waals surface area contributed by atoms with E-state index in [9.17, 15) is 0 Å². The van der Waals surface area contributed by atoms with Gasteiger partial charge in [-0.05, 0) is 34.2 Å². The Hall–Kier alpha value is -0.880. The average Bonchev–Trinajstić information content (AvgIpc) is 2.71. The Morgan fingerprint density at radius 2 is 2.18 bits per heavy atom. The molecule has 0 aliphatic rings. The van der Waals surface area contributed by atoms with Gasteiger partial charge in [0.2, 0.25) is 0 Å². The zero-order valence-corrected chi connectivity index (χ0v) is 12.3. The molecule has 0 amide bonds. The Morgan fingerprint density at radius 1 is 1.41 bits per heavy atom. The van der Waals surface area contributed by atoms with Gasteiger partial charge in [0.15, 0.2) is 5.16 Å². The fraction of sp³-hybridized carbons (Fsp3) is 0.364. The van der Waals surface area contributed by atoms with Crippen LogP contribution in [0.15, 0.2) is 22.0 Å². The highest BCUT2D eigenvalue weighted by molar-refractivity contribution is 9.10. The molecule has 0 saturated carbocycles. The lowest BCUT2D eigenvalue weighted by molar-refractivity contribution is 0.810. The van der Waals surface area contributed by atoms with Crippen molar-refractivity contribution in [2.45, 2.75) is 24.9 Å². The average molecular weight is 313 g/mol. The number of halogens is 1. The fourth-order valence-electron chi connectivity index (χ4n) is 1.57. The number of nitrogens with one attached hydrogen (secondary N) is 1. The molecule has 17 heavy (non-hydrogen) atoms. The highest BCUT2D eigenvalue weighted by Crippen LogP contribution is 2.32. The van der Waals surface area contributed by atoms with Gasteiger partial charge in [0, 0.05) is 11.9 Å². The molecule has 6 heteroatoms. The Bertz CT molecular complexity index is 524. The third kappa shape index (κ3) is 2.52. The van der Waals surface area contributed by atoms with E-state index in [1.54, 1.807) is 6.20 Å². The number of nitrogens with zero attached hydrogens (tertiary/aromatic N) is 3. The molecule has 0 aliphatic carbocycles. The Kier molecular flexibility index (Phi) is 3.83. The summed E-state index contributed by atoms with van der Waals surface area (Å²) >= 11 is 4.99. The molecule has 2 aromatic heterocycles. The summed E-state index contributed by atoms with van der Waals surface area (Å²) in [6.45, 7) is 4.25. The van der Waals surface area contributed by atoms with Gasteiger partial charge in [0.05, 0.1) is 11.3 Å². The molecule has 1 N–H and O–H groups in total. The van der Waals surface area contributed by atoms with Crippen molar-refractivity contribution in [2.75, 3.05) is 6.26 Å². The van der Waals surface area contributed by atoms with Crippen LogP contribution in [0.25, 0.3) is 11.3 Å². The molecule has 90 valence electrons. The quantitative estimate of drug-likeness (QED) is 0.696. The number of hydrogen-bond acceptors (Lipinski definition) is 4. The van der Waals surface area contributed by atoms with E-state index in [0.29, 0.717) is 5.92 Å². The molecule has 0 aliphatic heterocycles. The van der Waals surface area contributed by atoms with Crippen LogP contribution in [-0.2, 0) is 0 Å². The fourth-order valence-corrected chi connectivity index (χ4v) is 2.43. The van der Waals surface area contributed by atoms with E-state index in [1.165, 1.54) is 11.8 Å². The molecule has 2 heterocycles. The topological polar surface area (TPSA) is 54.5 Å². The van der Waals surface area contributed by atoms with Crippen molar-refractivity contribution in [3.8, 4) is 11.3 Å². The summed E-state index contributed by atoms with van der Waals surface area (Å²) in [5, 5.41) is 8.01. The highest BCUT2D eigenvalue weighted by Gasteiger charge is 2.17. The van der Waals surface area contributed by atoms with Crippen molar-refractivity contribution in [3.63, 3.8) is 0 Å². The van der Waals surface area contributed by atoms with Crippen LogP contribution in [0, 0.1) is 0 Å². The molecule has 0 bridgehead atoms. The second kappa shape index (κ2) is 5.18. The molecule has 2 rings (SSSR count). The van der Waals surface area contributed by atoms with Crippen molar-refractivity contribution in [2.24, 2.45) is 0 Å². The molecule has 0 aromatic carbocycles. The summed E-state index contributed by atoms with van der Waals surface area (Å²) in [7, 11) is 0. The lowest BCUT2D eigenvalue weighted by Crippen LogP contribution is -1.94. The molecule has 4 nitrogen and oxygen atoms in total. The molecular weight excluding hydrogens is 300 g/mol. The maximum Gasteiger partial charge on any atom is 0.187 e. The number of hydrogen-bond donors (Lipinski definition) is 1. The van der Waals surface area contributed by atoms with E-state index in [4.69, 9.17) is 0 Å². The van der Waals surface area contributed by atoms with Crippen molar-refractivity contribution < 1.29 is 0 Å². The van der Waals surface area contributed by atoms with Gasteiger partial charge in [-0.2, -0.15) is 5.10 Å². The summed E-state index contributed by atoms with van der Waals surface area (Å²) in [6.07, 6.45) is 3.74. The lowest BCUT2D eigenvalue weighted by atomic mass is 10.0. The van der Waals surface area contributed by atoms with Gasteiger partial charge in [0.1, 0.15) is 4.60 Å². The molecular formula is C11H13BrN4S. The SMILES string of the molecule is CSc1nccc(-c2c(Br)n[nH]c2C(C)C)n1. The zero-order valence-electron chi connectivity index (χ0n) is 9.86. The van der Waals surface area contributed by atoms with E-state index >= 15 is 0 Å². The molecule has 0 unspecified atom stereocenters. The van der Waals surface area contributed by atoms with Crippen LogP contribution in [0.4, 0.5) is 0 Å². The summed E-state index contributed by atoms with van der Waals surface area (Å²) in [5.41, 5.74) is 3.01. The molecule has 2 aromatic rings. The van der Waals surface area contributed by atoms with Gasteiger partial charge in [-0.1, -0.05) is 25.6 Å². The maximum atomic E-state index is 4.50. The van der Waals surface area contributed by atoms with Crippen LogP contribution in [0.3, 0.4) is 0 Å². The first kappa shape index (κ1) is 12.6. The Labute approximate surface area is 113 Å². The van der Waals surface area contributed by atoms with E-state index < -0.39 is 0 Å². The first-order valence-corrected chi connectivity index (χ1v) is 7.26. The Balaban J connectivity index is 2.55. The van der Waals surface area contributed by atoms with E-state index in [0.717, 1.165) is 26.7 Å². The first-order valence-electron chi connectivity index (χ1n) is 5.24. The van der Waals surface area contributed by atoms with Gasteiger partial charge in [-0.25, -0.2) is 9.97 Å². The minimum Gasteiger partial charge on any atom is -0.280 e. The molecule has 0 radical (unpaired) electrons. The van der Waals surface area contributed by atoms with Crippen molar-refractivity contribution in [3.05, 3.63) is 22.6 Å². The van der Waals surface area contributed by atoms with E-state index in [1.807, 2.05) is 12.3 Å². The predicted octanol–water partition coefficient (Wildman–Crippen LogP) is 3.47. The standard InChI is InChI=1S/C11H13BrN4S/c1-6(2)9-8(10(12)16-15-9)7-4-5-13-11(14-7)17-3/h4-6H,1-3H3,(H,15,16). The number of aromatic nitrogens is 4. The Morgan fingerprint density at radius 3 is 2.82 bits per heavy atom. The van der Waals surface area contributed by atoms with E-state index in [2.05, 4.69) is 49.9 Å².